The first-order chi connectivity index (χ1) is 11.2. The average Bonchev–Trinajstić information content (AvgIpc) is 3.01. The number of aryl methyl sites for hydroxylation is 1. The summed E-state index contributed by atoms with van der Waals surface area (Å²) in [5.74, 6) is -0.0978. The Morgan fingerprint density at radius 2 is 1.87 bits per heavy atom. The first-order valence-electron chi connectivity index (χ1n) is 8.21. The zero-order valence-electron chi connectivity index (χ0n) is 13.5. The van der Waals surface area contributed by atoms with Crippen LogP contribution in [0.3, 0.4) is 0 Å². The molecule has 2 aromatic rings. The van der Waals surface area contributed by atoms with Crippen molar-refractivity contribution in [3.63, 3.8) is 0 Å². The molecule has 0 unspecified atom stereocenters. The van der Waals surface area contributed by atoms with Crippen molar-refractivity contribution in [3.8, 4) is 0 Å². The van der Waals surface area contributed by atoms with Crippen molar-refractivity contribution in [2.75, 3.05) is 13.1 Å². The number of hydrogen-bond donors (Lipinski definition) is 2. The molecule has 0 radical (unpaired) electrons. The minimum atomic E-state index is -0.0978. The van der Waals surface area contributed by atoms with Gasteiger partial charge in [-0.3, -0.25) is 4.79 Å². The molecular formula is C17H23N4OS+. The van der Waals surface area contributed by atoms with Gasteiger partial charge in [0.2, 0.25) is 0 Å². The molecule has 6 heteroatoms. The molecule has 1 amide bonds. The average molecular weight is 331 g/mol. The molecule has 0 atom stereocenters. The summed E-state index contributed by atoms with van der Waals surface area (Å²) in [5.41, 5.74) is 3.18. The smallest absolute Gasteiger partial charge is 0.265 e. The molecule has 122 valence electrons. The highest BCUT2D eigenvalue weighted by Gasteiger charge is 2.14. The Hall–Kier alpha value is -1.79. The molecule has 23 heavy (non-hydrogen) atoms. The fourth-order valence-electron chi connectivity index (χ4n) is 2.99. The fraction of sp³-hybridized carbons (Fsp3) is 0.471. The van der Waals surface area contributed by atoms with E-state index in [0.717, 1.165) is 23.6 Å². The highest BCUT2D eigenvalue weighted by Crippen LogP contribution is 2.09. The summed E-state index contributed by atoms with van der Waals surface area (Å²) in [6.45, 7) is 6.03. The molecule has 1 aromatic heterocycles. The summed E-state index contributed by atoms with van der Waals surface area (Å²) >= 11 is 1.14. The Morgan fingerprint density at radius 1 is 1.17 bits per heavy atom. The first kappa shape index (κ1) is 16.1. The number of amides is 1. The lowest BCUT2D eigenvalue weighted by Gasteiger charge is -2.23. The fourth-order valence-corrected chi connectivity index (χ4v) is 3.57. The number of carbonyl (C=O) groups excluding carboxylic acids is 1. The van der Waals surface area contributed by atoms with Crippen LogP contribution in [-0.4, -0.2) is 28.6 Å². The van der Waals surface area contributed by atoms with Gasteiger partial charge < -0.3 is 10.2 Å². The Kier molecular flexibility index (Phi) is 5.35. The maximum absolute atomic E-state index is 12.0. The van der Waals surface area contributed by atoms with E-state index in [1.54, 1.807) is 11.8 Å². The molecule has 0 bridgehead atoms. The summed E-state index contributed by atoms with van der Waals surface area (Å²) < 4.78 is 3.79. The third-order valence-electron chi connectivity index (χ3n) is 4.35. The monoisotopic (exact) mass is 331 g/mol. The van der Waals surface area contributed by atoms with Gasteiger partial charge in [-0.1, -0.05) is 28.8 Å². The van der Waals surface area contributed by atoms with Gasteiger partial charge in [0, 0.05) is 12.1 Å². The number of aromatic nitrogens is 2. The highest BCUT2D eigenvalue weighted by atomic mass is 32.1. The number of benzene rings is 1. The minimum absolute atomic E-state index is 0.0978. The lowest BCUT2D eigenvalue weighted by atomic mass is 10.1. The van der Waals surface area contributed by atoms with Crippen molar-refractivity contribution < 1.29 is 9.69 Å². The number of likely N-dealkylation sites (tertiary alicyclic amines) is 1. The van der Waals surface area contributed by atoms with E-state index in [9.17, 15) is 4.79 Å². The van der Waals surface area contributed by atoms with E-state index in [2.05, 4.69) is 39.2 Å². The van der Waals surface area contributed by atoms with E-state index < -0.39 is 0 Å². The summed E-state index contributed by atoms with van der Waals surface area (Å²) in [7, 11) is 0. The van der Waals surface area contributed by atoms with Crippen molar-refractivity contribution in [2.24, 2.45) is 0 Å². The summed E-state index contributed by atoms with van der Waals surface area (Å²) in [6, 6.07) is 8.58. The van der Waals surface area contributed by atoms with Gasteiger partial charge in [0.1, 0.15) is 11.4 Å². The molecule has 2 N–H and O–H groups in total. The van der Waals surface area contributed by atoms with Gasteiger partial charge in [0.25, 0.3) is 5.91 Å². The van der Waals surface area contributed by atoms with Crippen molar-refractivity contribution >= 4 is 17.4 Å². The highest BCUT2D eigenvalue weighted by molar-refractivity contribution is 7.07. The predicted molar refractivity (Wildman–Crippen MR) is 90.5 cm³/mol. The van der Waals surface area contributed by atoms with Crippen LogP contribution in [0.25, 0.3) is 0 Å². The summed E-state index contributed by atoms with van der Waals surface area (Å²) in [6.07, 6.45) is 4.09. The number of rotatable bonds is 5. The van der Waals surface area contributed by atoms with Crippen LogP contribution in [0.2, 0.25) is 0 Å². The normalized spacial score (nSPS) is 15.5. The molecular weight excluding hydrogens is 308 g/mol. The molecule has 5 nitrogen and oxygen atoms in total. The SMILES string of the molecule is Cc1nnsc1C(=O)NCc1ccc(C[NH+]2CCCCC2)cc1. The molecule has 0 spiro atoms. The zero-order valence-corrected chi connectivity index (χ0v) is 14.3. The lowest BCUT2D eigenvalue weighted by Crippen LogP contribution is -3.11. The van der Waals surface area contributed by atoms with Crippen molar-refractivity contribution in [1.29, 1.82) is 0 Å². The van der Waals surface area contributed by atoms with Gasteiger partial charge in [0.15, 0.2) is 0 Å². The molecule has 1 fully saturated rings. The van der Waals surface area contributed by atoms with Crippen molar-refractivity contribution in [1.82, 2.24) is 14.9 Å². The lowest BCUT2D eigenvalue weighted by molar-refractivity contribution is -0.918. The van der Waals surface area contributed by atoms with Crippen LogP contribution < -0.4 is 10.2 Å². The number of nitrogens with zero attached hydrogens (tertiary/aromatic N) is 2. The van der Waals surface area contributed by atoms with Gasteiger partial charge in [-0.15, -0.1) is 5.10 Å². The Balaban J connectivity index is 1.51. The Labute approximate surface area is 140 Å². The van der Waals surface area contributed by atoms with Crippen LogP contribution in [-0.2, 0) is 13.1 Å². The molecule has 0 saturated carbocycles. The van der Waals surface area contributed by atoms with E-state index in [0.29, 0.717) is 17.1 Å². The number of hydrogen-bond acceptors (Lipinski definition) is 4. The van der Waals surface area contributed by atoms with Crippen LogP contribution in [0.1, 0.15) is 45.8 Å². The van der Waals surface area contributed by atoms with E-state index in [1.807, 2.05) is 0 Å². The number of nitrogens with one attached hydrogen (secondary N) is 2. The second-order valence-electron chi connectivity index (χ2n) is 6.17. The topological polar surface area (TPSA) is 59.3 Å². The zero-order chi connectivity index (χ0) is 16.1. The van der Waals surface area contributed by atoms with Crippen LogP contribution >= 0.6 is 11.5 Å². The van der Waals surface area contributed by atoms with Gasteiger partial charge in [-0.05, 0) is 43.3 Å². The number of piperidine rings is 1. The largest absolute Gasteiger partial charge is 0.347 e. The summed E-state index contributed by atoms with van der Waals surface area (Å²) in [5, 5.41) is 6.79. The first-order valence-corrected chi connectivity index (χ1v) is 8.98. The van der Waals surface area contributed by atoms with Crippen molar-refractivity contribution in [2.45, 2.75) is 39.3 Å². The van der Waals surface area contributed by atoms with E-state index in [1.165, 1.54) is 37.9 Å². The van der Waals surface area contributed by atoms with Crippen LogP contribution in [0.4, 0.5) is 0 Å². The van der Waals surface area contributed by atoms with Crippen LogP contribution in [0, 0.1) is 6.92 Å². The van der Waals surface area contributed by atoms with Crippen molar-refractivity contribution in [3.05, 3.63) is 46.0 Å². The molecule has 1 aliphatic heterocycles. The maximum atomic E-state index is 12.0. The number of carbonyl (C=O) groups is 1. The molecule has 1 saturated heterocycles. The molecule has 0 aliphatic carbocycles. The second-order valence-corrected chi connectivity index (χ2v) is 6.93. The third kappa shape index (κ3) is 4.36. The molecule has 1 aromatic carbocycles. The predicted octanol–water partition coefficient (Wildman–Crippen LogP) is 1.35. The Bertz CT molecular complexity index is 647. The quantitative estimate of drug-likeness (QED) is 0.869. The Morgan fingerprint density at radius 3 is 2.52 bits per heavy atom. The van der Waals surface area contributed by atoms with Gasteiger partial charge in [0.05, 0.1) is 18.8 Å². The third-order valence-corrected chi connectivity index (χ3v) is 5.18. The van der Waals surface area contributed by atoms with Crippen LogP contribution in [0.15, 0.2) is 24.3 Å². The maximum Gasteiger partial charge on any atom is 0.265 e. The summed E-state index contributed by atoms with van der Waals surface area (Å²) in [4.78, 5) is 14.3. The van der Waals surface area contributed by atoms with Gasteiger partial charge in [-0.25, -0.2) is 0 Å². The van der Waals surface area contributed by atoms with Gasteiger partial charge >= 0.3 is 0 Å². The standard InChI is InChI=1S/C17H22N4OS/c1-13-16(23-20-19-13)17(22)18-11-14-5-7-15(8-6-14)12-21-9-3-2-4-10-21/h5-8H,2-4,9-12H2,1H3,(H,18,22)/p+1. The molecule has 1 aliphatic rings. The molecule has 2 heterocycles. The second kappa shape index (κ2) is 7.66. The number of quaternary nitrogens is 1. The van der Waals surface area contributed by atoms with E-state index in [-0.39, 0.29) is 5.91 Å². The molecule has 3 rings (SSSR count). The van der Waals surface area contributed by atoms with E-state index >= 15 is 0 Å². The van der Waals surface area contributed by atoms with Gasteiger partial charge in [-0.2, -0.15) is 0 Å². The van der Waals surface area contributed by atoms with Crippen LogP contribution in [0.5, 0.6) is 0 Å². The van der Waals surface area contributed by atoms with E-state index in [4.69, 9.17) is 0 Å². The minimum Gasteiger partial charge on any atom is -0.347 e.